The van der Waals surface area contributed by atoms with Gasteiger partial charge in [0.05, 0.1) is 12.2 Å². The van der Waals surface area contributed by atoms with Crippen molar-refractivity contribution in [1.29, 1.82) is 0 Å². The second-order valence-corrected chi connectivity index (χ2v) is 4.00. The molecule has 1 fully saturated rings. The van der Waals surface area contributed by atoms with Crippen LogP contribution in [-0.4, -0.2) is 37.6 Å². The maximum Gasteiger partial charge on any atom is 0.0832 e. The smallest absolute Gasteiger partial charge is 0.0832 e. The number of hydrogen-bond acceptors (Lipinski definition) is 3. The highest BCUT2D eigenvalue weighted by molar-refractivity contribution is 4.78. The minimum atomic E-state index is -0.316. The molecule has 0 bridgehead atoms. The molecule has 0 spiro atoms. The first-order valence-electron chi connectivity index (χ1n) is 5.58. The summed E-state index contributed by atoms with van der Waals surface area (Å²) < 4.78 is 10.6. The number of ether oxygens (including phenoxy) is 2. The van der Waals surface area contributed by atoms with E-state index in [1.807, 2.05) is 0 Å². The molecule has 0 amide bonds. The molecule has 1 N–H and O–H groups in total. The molecule has 0 radical (unpaired) electrons. The molecule has 0 aromatic carbocycles. The molecular formula is C11H22O3. The lowest BCUT2D eigenvalue weighted by atomic mass is 9.89. The fourth-order valence-corrected chi connectivity index (χ4v) is 2.07. The standard InChI is InChI=1S/C11H22O3/c1-3-4-10(13-2)11(12)9-5-7-14-8-6-9/h9-12H,3-8H2,1-2H3. The van der Waals surface area contributed by atoms with Gasteiger partial charge < -0.3 is 14.6 Å². The van der Waals surface area contributed by atoms with Crippen LogP contribution in [-0.2, 0) is 9.47 Å². The average molecular weight is 202 g/mol. The maximum atomic E-state index is 10.1. The summed E-state index contributed by atoms with van der Waals surface area (Å²) in [5.41, 5.74) is 0. The molecule has 1 heterocycles. The van der Waals surface area contributed by atoms with E-state index in [2.05, 4.69) is 6.92 Å². The van der Waals surface area contributed by atoms with Crippen LogP contribution in [0.1, 0.15) is 32.6 Å². The van der Waals surface area contributed by atoms with Gasteiger partial charge in [0, 0.05) is 20.3 Å². The molecule has 0 aromatic heterocycles. The molecular weight excluding hydrogens is 180 g/mol. The van der Waals surface area contributed by atoms with E-state index in [4.69, 9.17) is 9.47 Å². The van der Waals surface area contributed by atoms with Gasteiger partial charge in [0.15, 0.2) is 0 Å². The van der Waals surface area contributed by atoms with Crippen LogP contribution in [0.25, 0.3) is 0 Å². The SMILES string of the molecule is CCCC(OC)C(O)C1CCOCC1. The Labute approximate surface area is 86.4 Å². The van der Waals surface area contributed by atoms with Crippen molar-refractivity contribution in [2.24, 2.45) is 5.92 Å². The van der Waals surface area contributed by atoms with Gasteiger partial charge in [0.2, 0.25) is 0 Å². The third-order valence-corrected chi connectivity index (χ3v) is 3.01. The second kappa shape index (κ2) is 6.38. The van der Waals surface area contributed by atoms with E-state index in [0.29, 0.717) is 5.92 Å². The largest absolute Gasteiger partial charge is 0.390 e. The zero-order chi connectivity index (χ0) is 10.4. The molecule has 3 heteroatoms. The Kier molecular flexibility index (Phi) is 5.45. The van der Waals surface area contributed by atoms with Gasteiger partial charge in [-0.05, 0) is 25.2 Å². The predicted octanol–water partition coefficient (Wildman–Crippen LogP) is 1.59. The van der Waals surface area contributed by atoms with Gasteiger partial charge in [-0.3, -0.25) is 0 Å². The quantitative estimate of drug-likeness (QED) is 0.735. The summed E-state index contributed by atoms with van der Waals surface area (Å²) in [6, 6.07) is 0. The molecule has 1 aliphatic rings. The van der Waals surface area contributed by atoms with Gasteiger partial charge in [-0.1, -0.05) is 13.3 Å². The first kappa shape index (κ1) is 12.0. The topological polar surface area (TPSA) is 38.7 Å². The minimum absolute atomic E-state index is 0.00287. The Balaban J connectivity index is 2.38. The Morgan fingerprint density at radius 1 is 1.43 bits per heavy atom. The maximum absolute atomic E-state index is 10.1. The molecule has 0 aliphatic carbocycles. The van der Waals surface area contributed by atoms with Crippen LogP contribution in [0.5, 0.6) is 0 Å². The van der Waals surface area contributed by atoms with E-state index >= 15 is 0 Å². The molecule has 84 valence electrons. The Bertz CT molecular complexity index is 139. The van der Waals surface area contributed by atoms with Crippen LogP contribution >= 0.6 is 0 Å². The summed E-state index contributed by atoms with van der Waals surface area (Å²) in [7, 11) is 1.68. The lowest BCUT2D eigenvalue weighted by Gasteiger charge is -2.31. The summed E-state index contributed by atoms with van der Waals surface area (Å²) in [6.45, 7) is 3.68. The molecule has 3 nitrogen and oxygen atoms in total. The number of aliphatic hydroxyl groups excluding tert-OH is 1. The van der Waals surface area contributed by atoms with Crippen LogP contribution < -0.4 is 0 Å². The second-order valence-electron chi connectivity index (χ2n) is 4.00. The van der Waals surface area contributed by atoms with Crippen molar-refractivity contribution in [1.82, 2.24) is 0 Å². The highest BCUT2D eigenvalue weighted by Crippen LogP contribution is 2.23. The fourth-order valence-electron chi connectivity index (χ4n) is 2.07. The zero-order valence-corrected chi connectivity index (χ0v) is 9.24. The molecule has 14 heavy (non-hydrogen) atoms. The Hall–Kier alpha value is -0.120. The fraction of sp³-hybridized carbons (Fsp3) is 1.00. The molecule has 1 rings (SSSR count). The van der Waals surface area contributed by atoms with Crippen molar-refractivity contribution in [2.75, 3.05) is 20.3 Å². The van der Waals surface area contributed by atoms with Crippen LogP contribution in [0.3, 0.4) is 0 Å². The zero-order valence-electron chi connectivity index (χ0n) is 9.24. The molecule has 0 aromatic rings. The van der Waals surface area contributed by atoms with E-state index in [1.54, 1.807) is 7.11 Å². The van der Waals surface area contributed by atoms with Crippen molar-refractivity contribution in [2.45, 2.75) is 44.8 Å². The predicted molar refractivity (Wildman–Crippen MR) is 55.3 cm³/mol. The first-order chi connectivity index (χ1) is 6.79. The van der Waals surface area contributed by atoms with Crippen LogP contribution in [0.4, 0.5) is 0 Å². The number of methoxy groups -OCH3 is 1. The van der Waals surface area contributed by atoms with Gasteiger partial charge in [0.25, 0.3) is 0 Å². The first-order valence-corrected chi connectivity index (χ1v) is 5.58. The van der Waals surface area contributed by atoms with Gasteiger partial charge in [-0.2, -0.15) is 0 Å². The van der Waals surface area contributed by atoms with Crippen molar-refractivity contribution in [3.05, 3.63) is 0 Å². The van der Waals surface area contributed by atoms with Crippen molar-refractivity contribution in [3.8, 4) is 0 Å². The van der Waals surface area contributed by atoms with Crippen LogP contribution in [0, 0.1) is 5.92 Å². The molecule has 1 aliphatic heterocycles. The van der Waals surface area contributed by atoms with E-state index in [-0.39, 0.29) is 12.2 Å². The lowest BCUT2D eigenvalue weighted by Crippen LogP contribution is -2.37. The molecule has 0 saturated carbocycles. The average Bonchev–Trinajstić information content (AvgIpc) is 2.26. The van der Waals surface area contributed by atoms with Gasteiger partial charge in [-0.15, -0.1) is 0 Å². The van der Waals surface area contributed by atoms with Gasteiger partial charge in [-0.25, -0.2) is 0 Å². The van der Waals surface area contributed by atoms with Crippen molar-refractivity contribution < 1.29 is 14.6 Å². The van der Waals surface area contributed by atoms with E-state index in [9.17, 15) is 5.11 Å². The highest BCUT2D eigenvalue weighted by Gasteiger charge is 2.28. The van der Waals surface area contributed by atoms with Gasteiger partial charge >= 0.3 is 0 Å². The Morgan fingerprint density at radius 3 is 2.57 bits per heavy atom. The molecule has 1 saturated heterocycles. The summed E-state index contributed by atoms with van der Waals surface area (Å²) in [5.74, 6) is 0.361. The number of rotatable bonds is 5. The molecule has 2 unspecified atom stereocenters. The van der Waals surface area contributed by atoms with Crippen LogP contribution in [0.15, 0.2) is 0 Å². The molecule has 2 atom stereocenters. The number of aliphatic hydroxyl groups is 1. The van der Waals surface area contributed by atoms with E-state index in [0.717, 1.165) is 38.9 Å². The Morgan fingerprint density at radius 2 is 2.07 bits per heavy atom. The highest BCUT2D eigenvalue weighted by atomic mass is 16.5. The monoisotopic (exact) mass is 202 g/mol. The third-order valence-electron chi connectivity index (χ3n) is 3.01. The third kappa shape index (κ3) is 3.23. The summed E-state index contributed by atoms with van der Waals surface area (Å²) in [5, 5.41) is 10.1. The lowest BCUT2D eigenvalue weighted by molar-refractivity contribution is -0.0714. The minimum Gasteiger partial charge on any atom is -0.390 e. The van der Waals surface area contributed by atoms with Crippen LogP contribution in [0.2, 0.25) is 0 Å². The van der Waals surface area contributed by atoms with Crippen molar-refractivity contribution in [3.63, 3.8) is 0 Å². The van der Waals surface area contributed by atoms with Crippen molar-refractivity contribution >= 4 is 0 Å². The van der Waals surface area contributed by atoms with Gasteiger partial charge in [0.1, 0.15) is 0 Å². The normalized spacial score (nSPS) is 23.4. The van der Waals surface area contributed by atoms with E-state index < -0.39 is 0 Å². The van der Waals surface area contributed by atoms with E-state index in [1.165, 1.54) is 0 Å². The summed E-state index contributed by atoms with van der Waals surface area (Å²) in [4.78, 5) is 0. The summed E-state index contributed by atoms with van der Waals surface area (Å²) >= 11 is 0. The number of hydrogen-bond donors (Lipinski definition) is 1. The summed E-state index contributed by atoms with van der Waals surface area (Å²) in [6.07, 6.45) is 3.61.